The highest BCUT2D eigenvalue weighted by Crippen LogP contribution is 2.32. The van der Waals surface area contributed by atoms with Gasteiger partial charge in [0.25, 0.3) is 0 Å². The maximum Gasteiger partial charge on any atom is 0.409 e. The summed E-state index contributed by atoms with van der Waals surface area (Å²) in [5.74, 6) is 0.208. The van der Waals surface area contributed by atoms with E-state index in [-0.39, 0.29) is 30.5 Å². The number of benzene rings is 1. The van der Waals surface area contributed by atoms with Crippen LogP contribution < -0.4 is 0 Å². The summed E-state index contributed by atoms with van der Waals surface area (Å²) < 4.78 is 11.0. The zero-order valence-corrected chi connectivity index (χ0v) is 19.2. The van der Waals surface area contributed by atoms with Crippen molar-refractivity contribution in [2.75, 3.05) is 46.0 Å². The smallest absolute Gasteiger partial charge is 0.409 e. The number of carbonyl (C=O) groups excluding carboxylic acids is 2. The van der Waals surface area contributed by atoms with Crippen LogP contribution in [-0.4, -0.2) is 96.0 Å². The molecule has 0 aromatic heterocycles. The molecule has 4 aliphatic heterocycles. The Labute approximate surface area is 195 Å². The largest absolute Gasteiger partial charge is 0.447 e. The van der Waals surface area contributed by atoms with Gasteiger partial charge in [-0.2, -0.15) is 0 Å². The predicted molar refractivity (Wildman–Crippen MR) is 122 cm³/mol. The molecule has 33 heavy (non-hydrogen) atoms. The van der Waals surface area contributed by atoms with Gasteiger partial charge < -0.3 is 24.4 Å². The number of aliphatic hydroxyl groups is 1. The third-order valence-corrected chi connectivity index (χ3v) is 7.68. The zero-order valence-electron chi connectivity index (χ0n) is 19.2. The van der Waals surface area contributed by atoms with E-state index in [1.165, 1.54) is 11.1 Å². The van der Waals surface area contributed by atoms with E-state index in [1.807, 2.05) is 6.07 Å². The van der Waals surface area contributed by atoms with Crippen molar-refractivity contribution in [3.63, 3.8) is 0 Å². The molecule has 0 radical (unpaired) electrons. The number of nitrogens with zero attached hydrogens (tertiary/aromatic N) is 3. The zero-order chi connectivity index (χ0) is 22.8. The lowest BCUT2D eigenvalue weighted by Gasteiger charge is -2.39. The first-order valence-electron chi connectivity index (χ1n) is 12.4. The van der Waals surface area contributed by atoms with Crippen molar-refractivity contribution in [3.8, 4) is 0 Å². The summed E-state index contributed by atoms with van der Waals surface area (Å²) in [6.45, 7) is 4.54. The molecule has 4 heterocycles. The molecule has 5 rings (SSSR count). The van der Waals surface area contributed by atoms with Gasteiger partial charge in [-0.1, -0.05) is 24.3 Å². The molecule has 8 heteroatoms. The number of morpholine rings is 1. The van der Waals surface area contributed by atoms with Crippen molar-refractivity contribution in [1.29, 1.82) is 0 Å². The molecule has 2 amide bonds. The maximum absolute atomic E-state index is 13.1. The van der Waals surface area contributed by atoms with E-state index < -0.39 is 12.2 Å². The highest BCUT2D eigenvalue weighted by molar-refractivity contribution is 5.80. The van der Waals surface area contributed by atoms with Gasteiger partial charge in [-0.05, 0) is 43.2 Å². The molecule has 2 unspecified atom stereocenters. The number of aliphatic hydroxyl groups excluding tert-OH is 1. The minimum absolute atomic E-state index is 0.00697. The normalized spacial score (nSPS) is 26.7. The Morgan fingerprint density at radius 1 is 1.03 bits per heavy atom. The molecule has 3 fully saturated rings. The molecule has 4 aliphatic rings. The van der Waals surface area contributed by atoms with Crippen LogP contribution in [0.2, 0.25) is 0 Å². The summed E-state index contributed by atoms with van der Waals surface area (Å²) in [5.41, 5.74) is 2.67. The van der Waals surface area contributed by atoms with Crippen LogP contribution >= 0.6 is 0 Å². The summed E-state index contributed by atoms with van der Waals surface area (Å²) in [5, 5.41) is 10.4. The van der Waals surface area contributed by atoms with Crippen molar-refractivity contribution < 1.29 is 24.2 Å². The number of fused-ring (bicyclic) bond motifs is 3. The van der Waals surface area contributed by atoms with Crippen LogP contribution in [0.5, 0.6) is 0 Å². The van der Waals surface area contributed by atoms with Crippen LogP contribution in [0.4, 0.5) is 4.79 Å². The van der Waals surface area contributed by atoms with Crippen LogP contribution in [0, 0.1) is 5.92 Å². The molecule has 1 aromatic carbocycles. The SMILES string of the molecule is O=C(OC[C@@H](O)CN1CCc2ccccc2C1)N1CCC(C(=O)N2C3CCC2COC3)CC1. The Hall–Kier alpha value is -2.16. The number of β-amino-alcohol motifs (C(OH)–C–C–N with tert-alkyl or cyclic N) is 1. The highest BCUT2D eigenvalue weighted by Gasteiger charge is 2.43. The van der Waals surface area contributed by atoms with Crippen LogP contribution in [0.3, 0.4) is 0 Å². The monoisotopic (exact) mass is 457 g/mol. The summed E-state index contributed by atoms with van der Waals surface area (Å²) in [4.78, 5) is 31.5. The molecule has 0 saturated carbocycles. The Morgan fingerprint density at radius 3 is 2.45 bits per heavy atom. The maximum atomic E-state index is 13.1. The van der Waals surface area contributed by atoms with Gasteiger partial charge in [0.05, 0.1) is 25.3 Å². The first-order valence-corrected chi connectivity index (χ1v) is 12.4. The number of rotatable bonds is 5. The Bertz CT molecular complexity index is 840. The fraction of sp³-hybridized carbons (Fsp3) is 0.680. The van der Waals surface area contributed by atoms with Crippen molar-refractivity contribution >= 4 is 12.0 Å². The number of likely N-dealkylation sites (tertiary alicyclic amines) is 1. The summed E-state index contributed by atoms with van der Waals surface area (Å²) in [7, 11) is 0. The quantitative estimate of drug-likeness (QED) is 0.724. The Balaban J connectivity index is 1.03. The summed E-state index contributed by atoms with van der Waals surface area (Å²) in [6, 6.07) is 8.86. The van der Waals surface area contributed by atoms with Gasteiger partial charge in [0.1, 0.15) is 12.7 Å². The molecule has 180 valence electrons. The van der Waals surface area contributed by atoms with E-state index in [1.54, 1.807) is 4.90 Å². The second-order valence-corrected chi connectivity index (χ2v) is 9.91. The van der Waals surface area contributed by atoms with Crippen LogP contribution in [0.15, 0.2) is 24.3 Å². The number of ether oxygens (including phenoxy) is 2. The molecule has 1 N–H and O–H groups in total. The molecule has 1 aromatic rings. The number of carbonyl (C=O) groups is 2. The van der Waals surface area contributed by atoms with Crippen molar-refractivity contribution in [2.45, 2.75) is 56.8 Å². The number of piperidine rings is 1. The number of amides is 2. The summed E-state index contributed by atoms with van der Waals surface area (Å²) in [6.07, 6.45) is 3.27. The molecular formula is C25H35N3O5. The molecule has 0 aliphatic carbocycles. The standard InChI is InChI=1S/C25H35N3O5/c29-23(14-26-10-7-18-3-1-2-4-20(18)13-26)17-33-25(31)27-11-8-19(9-12-27)24(30)28-21-5-6-22(28)16-32-15-21/h1-4,19,21-23,29H,5-17H2/t21?,22?,23-/m0/s1. The fourth-order valence-corrected chi connectivity index (χ4v) is 5.83. The van der Waals surface area contributed by atoms with Gasteiger partial charge in [-0.15, -0.1) is 0 Å². The van der Waals surface area contributed by atoms with Gasteiger partial charge in [-0.3, -0.25) is 9.69 Å². The second kappa shape index (κ2) is 9.99. The third-order valence-electron chi connectivity index (χ3n) is 7.68. The van der Waals surface area contributed by atoms with Gasteiger partial charge in [0.2, 0.25) is 5.91 Å². The molecule has 8 nitrogen and oxygen atoms in total. The van der Waals surface area contributed by atoms with Crippen molar-refractivity contribution in [1.82, 2.24) is 14.7 Å². The molecule has 2 bridgehead atoms. The van der Waals surface area contributed by atoms with E-state index in [0.29, 0.717) is 45.7 Å². The minimum atomic E-state index is -0.713. The second-order valence-electron chi connectivity index (χ2n) is 9.91. The number of hydrogen-bond acceptors (Lipinski definition) is 6. The molecule has 0 spiro atoms. The van der Waals surface area contributed by atoms with Crippen molar-refractivity contribution in [2.24, 2.45) is 5.92 Å². The van der Waals surface area contributed by atoms with Crippen LogP contribution in [0.25, 0.3) is 0 Å². The lowest BCUT2D eigenvalue weighted by atomic mass is 9.94. The van der Waals surface area contributed by atoms with Gasteiger partial charge in [0.15, 0.2) is 0 Å². The lowest BCUT2D eigenvalue weighted by Crippen LogP contribution is -2.53. The molecular weight excluding hydrogens is 422 g/mol. The summed E-state index contributed by atoms with van der Waals surface area (Å²) >= 11 is 0. The fourth-order valence-electron chi connectivity index (χ4n) is 5.83. The van der Waals surface area contributed by atoms with Gasteiger partial charge >= 0.3 is 6.09 Å². The first-order chi connectivity index (χ1) is 16.1. The lowest BCUT2D eigenvalue weighted by molar-refractivity contribution is -0.146. The minimum Gasteiger partial charge on any atom is -0.447 e. The Morgan fingerprint density at radius 2 is 1.73 bits per heavy atom. The van der Waals surface area contributed by atoms with E-state index in [0.717, 1.165) is 32.4 Å². The third kappa shape index (κ3) is 5.03. The molecule has 3 atom stereocenters. The van der Waals surface area contributed by atoms with E-state index >= 15 is 0 Å². The van der Waals surface area contributed by atoms with E-state index in [9.17, 15) is 14.7 Å². The average molecular weight is 458 g/mol. The van der Waals surface area contributed by atoms with Gasteiger partial charge in [0, 0.05) is 38.6 Å². The predicted octanol–water partition coefficient (Wildman–Crippen LogP) is 1.64. The topological polar surface area (TPSA) is 82.6 Å². The Kier molecular flexibility index (Phi) is 6.85. The first kappa shape index (κ1) is 22.6. The van der Waals surface area contributed by atoms with Crippen LogP contribution in [-0.2, 0) is 27.2 Å². The van der Waals surface area contributed by atoms with Crippen LogP contribution in [0.1, 0.15) is 36.8 Å². The highest BCUT2D eigenvalue weighted by atomic mass is 16.6. The molecule has 3 saturated heterocycles. The van der Waals surface area contributed by atoms with Crippen molar-refractivity contribution in [3.05, 3.63) is 35.4 Å². The number of hydrogen-bond donors (Lipinski definition) is 1. The van der Waals surface area contributed by atoms with Gasteiger partial charge in [-0.25, -0.2) is 4.79 Å². The van der Waals surface area contributed by atoms with E-state index in [2.05, 4.69) is 28.0 Å². The average Bonchev–Trinajstić information content (AvgIpc) is 3.10. The van der Waals surface area contributed by atoms with E-state index in [4.69, 9.17) is 9.47 Å².